The van der Waals surface area contributed by atoms with E-state index in [0.29, 0.717) is 37.4 Å². The van der Waals surface area contributed by atoms with E-state index in [1.807, 2.05) is 0 Å². The number of ether oxygens (including phenoxy) is 1. The highest BCUT2D eigenvalue weighted by Crippen LogP contribution is 2.43. The fraction of sp³-hybridized carbons (Fsp3) is 0.111. The van der Waals surface area contributed by atoms with Gasteiger partial charge in [0.2, 0.25) is 5.76 Å². The van der Waals surface area contributed by atoms with Crippen LogP contribution in [0.3, 0.4) is 0 Å². The Morgan fingerprint density at radius 2 is 1.89 bits per heavy atom. The van der Waals surface area contributed by atoms with Crippen molar-refractivity contribution in [2.24, 2.45) is 0 Å². The number of thiazole rings is 1. The van der Waals surface area contributed by atoms with Crippen LogP contribution >= 0.6 is 11.3 Å². The minimum absolute atomic E-state index is 0.0699. The lowest BCUT2D eigenvalue weighted by molar-refractivity contribution is 0.0526. The zero-order chi connectivity index (χ0) is 25.0. The van der Waals surface area contributed by atoms with E-state index in [0.717, 1.165) is 0 Å². The molecule has 178 valence electrons. The van der Waals surface area contributed by atoms with Crippen LogP contribution in [0, 0.1) is 5.82 Å². The number of para-hydroxylation sites is 1. The number of aromatic nitrogens is 1. The number of anilines is 1. The number of esters is 1. The molecule has 0 fully saturated rings. The fourth-order valence-electron chi connectivity index (χ4n) is 4.43. The first-order valence-electron chi connectivity index (χ1n) is 11.2. The molecule has 3 heterocycles. The maximum absolute atomic E-state index is 13.7. The minimum Gasteiger partial charge on any atom is -0.462 e. The van der Waals surface area contributed by atoms with Crippen molar-refractivity contribution in [3.05, 3.63) is 105 Å². The van der Waals surface area contributed by atoms with Gasteiger partial charge in [0.15, 0.2) is 10.6 Å². The fourth-order valence-corrected chi connectivity index (χ4v) is 5.47. The standard InChI is InChI=1S/C27H17FN2O5S/c1-2-34-26(33)15-9-12-18-20(13-15)36-27(29-18)30-22(14-7-10-16(28)11-8-14)21-23(31)17-5-3-4-6-19(17)35-24(21)25(30)32/h3-13,22H,2H2,1H3/t22-/m0/s1. The van der Waals surface area contributed by atoms with Gasteiger partial charge in [-0.05, 0) is 55.0 Å². The Hall–Kier alpha value is -4.37. The number of nitrogens with zero attached hydrogens (tertiary/aromatic N) is 2. The van der Waals surface area contributed by atoms with Crippen molar-refractivity contribution in [3.8, 4) is 0 Å². The molecular formula is C27H17FN2O5S. The average Bonchev–Trinajstić information content (AvgIpc) is 3.43. The molecule has 1 aliphatic rings. The number of hydrogen-bond donors (Lipinski definition) is 0. The molecule has 0 saturated heterocycles. The van der Waals surface area contributed by atoms with Gasteiger partial charge in [-0.15, -0.1) is 0 Å². The molecule has 0 aliphatic carbocycles. The summed E-state index contributed by atoms with van der Waals surface area (Å²) < 4.78 is 25.4. The Bertz CT molecular complexity index is 1740. The summed E-state index contributed by atoms with van der Waals surface area (Å²) in [5.41, 5.74) is 1.64. The largest absolute Gasteiger partial charge is 0.462 e. The van der Waals surface area contributed by atoms with E-state index in [1.54, 1.807) is 49.4 Å². The number of benzene rings is 3. The molecule has 0 unspecified atom stereocenters. The van der Waals surface area contributed by atoms with Gasteiger partial charge in [0.1, 0.15) is 11.4 Å². The molecular weight excluding hydrogens is 483 g/mol. The van der Waals surface area contributed by atoms with E-state index in [1.165, 1.54) is 40.5 Å². The van der Waals surface area contributed by atoms with Crippen molar-refractivity contribution in [1.82, 2.24) is 4.98 Å². The van der Waals surface area contributed by atoms with E-state index in [4.69, 9.17) is 9.15 Å². The summed E-state index contributed by atoms with van der Waals surface area (Å²) in [5.74, 6) is -1.48. The minimum atomic E-state index is -0.862. The van der Waals surface area contributed by atoms with Gasteiger partial charge < -0.3 is 9.15 Å². The molecule has 1 amide bonds. The second-order valence-corrected chi connectivity index (χ2v) is 9.21. The molecule has 0 bridgehead atoms. The lowest BCUT2D eigenvalue weighted by atomic mass is 9.99. The molecule has 1 atom stereocenters. The highest BCUT2D eigenvalue weighted by Gasteiger charge is 2.45. The van der Waals surface area contributed by atoms with E-state index < -0.39 is 23.7 Å². The number of amides is 1. The van der Waals surface area contributed by atoms with Gasteiger partial charge in [-0.25, -0.2) is 14.2 Å². The van der Waals surface area contributed by atoms with Crippen molar-refractivity contribution in [2.45, 2.75) is 13.0 Å². The van der Waals surface area contributed by atoms with Crippen LogP contribution in [-0.2, 0) is 4.74 Å². The lowest BCUT2D eigenvalue weighted by Gasteiger charge is -2.22. The molecule has 0 radical (unpaired) electrons. The predicted octanol–water partition coefficient (Wildman–Crippen LogP) is 5.47. The van der Waals surface area contributed by atoms with Crippen LogP contribution in [0.25, 0.3) is 21.2 Å². The lowest BCUT2D eigenvalue weighted by Crippen LogP contribution is -2.29. The molecule has 7 nitrogen and oxygen atoms in total. The summed E-state index contributed by atoms with van der Waals surface area (Å²) in [5, 5.41) is 0.668. The summed E-state index contributed by atoms with van der Waals surface area (Å²) in [7, 11) is 0. The number of hydrogen-bond acceptors (Lipinski definition) is 7. The SMILES string of the molecule is CCOC(=O)c1ccc2nc(N3C(=O)c4oc5ccccc5c(=O)c4[C@@H]3c3ccc(F)cc3)sc2c1. The number of rotatable bonds is 4. The Morgan fingerprint density at radius 1 is 1.11 bits per heavy atom. The molecule has 9 heteroatoms. The zero-order valence-electron chi connectivity index (χ0n) is 18.9. The molecule has 5 aromatic rings. The van der Waals surface area contributed by atoms with Crippen molar-refractivity contribution < 1.29 is 23.1 Å². The van der Waals surface area contributed by atoms with Crippen LogP contribution in [-0.4, -0.2) is 23.5 Å². The molecule has 3 aromatic carbocycles. The molecule has 36 heavy (non-hydrogen) atoms. The summed E-state index contributed by atoms with van der Waals surface area (Å²) in [6.07, 6.45) is 0. The molecule has 0 saturated carbocycles. The quantitative estimate of drug-likeness (QED) is 0.304. The Kier molecular flexibility index (Phi) is 5.15. The van der Waals surface area contributed by atoms with E-state index in [2.05, 4.69) is 4.98 Å². The monoisotopic (exact) mass is 500 g/mol. The van der Waals surface area contributed by atoms with Crippen LogP contribution in [0.1, 0.15) is 45.0 Å². The average molecular weight is 501 g/mol. The number of carbonyl (C=O) groups is 2. The zero-order valence-corrected chi connectivity index (χ0v) is 19.7. The van der Waals surface area contributed by atoms with Gasteiger partial charge in [-0.2, -0.15) is 0 Å². The van der Waals surface area contributed by atoms with Gasteiger partial charge in [-0.3, -0.25) is 14.5 Å². The smallest absolute Gasteiger partial charge is 0.338 e. The predicted molar refractivity (Wildman–Crippen MR) is 133 cm³/mol. The van der Waals surface area contributed by atoms with Gasteiger partial charge in [0, 0.05) is 0 Å². The summed E-state index contributed by atoms with van der Waals surface area (Å²) in [6, 6.07) is 16.4. The molecule has 1 aliphatic heterocycles. The third kappa shape index (κ3) is 3.39. The first-order chi connectivity index (χ1) is 17.5. The van der Waals surface area contributed by atoms with Crippen LogP contribution in [0.2, 0.25) is 0 Å². The second-order valence-electron chi connectivity index (χ2n) is 8.20. The van der Waals surface area contributed by atoms with Crippen molar-refractivity contribution in [1.29, 1.82) is 0 Å². The summed E-state index contributed by atoms with van der Waals surface area (Å²) >= 11 is 1.20. The second kappa shape index (κ2) is 8.39. The van der Waals surface area contributed by atoms with E-state index in [9.17, 15) is 18.8 Å². The first-order valence-corrected chi connectivity index (χ1v) is 12.0. The highest BCUT2D eigenvalue weighted by atomic mass is 32.1. The topological polar surface area (TPSA) is 89.7 Å². The number of halogens is 1. The first kappa shape index (κ1) is 22.1. The maximum Gasteiger partial charge on any atom is 0.338 e. The number of carbonyl (C=O) groups excluding carboxylic acids is 2. The Balaban J connectivity index is 1.55. The van der Waals surface area contributed by atoms with Gasteiger partial charge >= 0.3 is 5.97 Å². The van der Waals surface area contributed by atoms with Gasteiger partial charge in [0.25, 0.3) is 5.91 Å². The highest BCUT2D eigenvalue weighted by molar-refractivity contribution is 7.22. The molecule has 0 spiro atoms. The number of fused-ring (bicyclic) bond motifs is 3. The van der Waals surface area contributed by atoms with Gasteiger partial charge in [-0.1, -0.05) is 35.6 Å². The summed E-state index contributed by atoms with van der Waals surface area (Å²) in [6.45, 7) is 1.98. The van der Waals surface area contributed by atoms with Crippen molar-refractivity contribution >= 4 is 49.5 Å². The molecule has 2 aromatic heterocycles. The Labute approximate surface area is 207 Å². The molecule has 0 N–H and O–H groups in total. The van der Waals surface area contributed by atoms with Crippen LogP contribution < -0.4 is 10.3 Å². The van der Waals surface area contributed by atoms with E-state index >= 15 is 0 Å². The van der Waals surface area contributed by atoms with Crippen molar-refractivity contribution in [3.63, 3.8) is 0 Å². The third-order valence-electron chi connectivity index (χ3n) is 6.06. The Morgan fingerprint density at radius 3 is 2.67 bits per heavy atom. The van der Waals surface area contributed by atoms with Crippen molar-refractivity contribution in [2.75, 3.05) is 11.5 Å². The summed E-state index contributed by atoms with van der Waals surface area (Å²) in [4.78, 5) is 45.5. The van der Waals surface area contributed by atoms with E-state index in [-0.39, 0.29) is 23.4 Å². The molecule has 6 rings (SSSR count). The third-order valence-corrected chi connectivity index (χ3v) is 7.08. The normalized spacial score (nSPS) is 15.0. The maximum atomic E-state index is 13.7. The van der Waals surface area contributed by atoms with Gasteiger partial charge in [0.05, 0.1) is 39.4 Å². The van der Waals surface area contributed by atoms with Crippen LogP contribution in [0.15, 0.2) is 75.9 Å². The van der Waals surface area contributed by atoms with Crippen LogP contribution in [0.4, 0.5) is 9.52 Å². The van der Waals surface area contributed by atoms with Crippen LogP contribution in [0.5, 0.6) is 0 Å².